The summed E-state index contributed by atoms with van der Waals surface area (Å²) in [5, 5.41) is 21.7. The van der Waals surface area contributed by atoms with Gasteiger partial charge in [0, 0.05) is 27.7 Å². The molecule has 2 aromatic rings. The molecule has 0 spiro atoms. The molecule has 0 aromatic heterocycles. The van der Waals surface area contributed by atoms with Gasteiger partial charge in [0.15, 0.2) is 0 Å². The molecule has 0 aliphatic rings. The predicted octanol–water partition coefficient (Wildman–Crippen LogP) is 5.03. The molecule has 0 fully saturated rings. The average Bonchev–Trinajstić information content (AvgIpc) is 2.62. The minimum absolute atomic E-state index is 0.0538. The van der Waals surface area contributed by atoms with Crippen molar-refractivity contribution in [1.82, 2.24) is 0 Å². The van der Waals surface area contributed by atoms with Crippen LogP contribution >= 0.6 is 15.9 Å². The van der Waals surface area contributed by atoms with E-state index >= 15 is 0 Å². The zero-order valence-corrected chi connectivity index (χ0v) is 16.4. The van der Waals surface area contributed by atoms with Crippen molar-refractivity contribution in [3.8, 4) is 5.75 Å². The second-order valence-corrected chi connectivity index (χ2v) is 6.99. The van der Waals surface area contributed by atoms with E-state index in [1.807, 2.05) is 19.1 Å². The maximum atomic E-state index is 12.4. The largest absolute Gasteiger partial charge is 0.508 e. The van der Waals surface area contributed by atoms with Gasteiger partial charge < -0.3 is 14.9 Å². The third-order valence-corrected chi connectivity index (χ3v) is 4.34. The van der Waals surface area contributed by atoms with E-state index in [1.54, 1.807) is 31.2 Å². The summed E-state index contributed by atoms with van der Waals surface area (Å²) in [5.41, 5.74) is 1.99. The summed E-state index contributed by atoms with van der Waals surface area (Å²) in [6.07, 6.45) is 0.794. The number of halogens is 1. The lowest BCUT2D eigenvalue weighted by molar-refractivity contribution is -0.131. The number of aromatic hydroxyl groups is 1. The van der Waals surface area contributed by atoms with Gasteiger partial charge in [-0.1, -0.05) is 46.6 Å². The van der Waals surface area contributed by atoms with Crippen LogP contribution in [0.3, 0.4) is 0 Å². The Morgan fingerprint density at radius 3 is 2.48 bits per heavy atom. The Kier molecular flexibility index (Phi) is 7.01. The highest BCUT2D eigenvalue weighted by molar-refractivity contribution is 9.10. The van der Waals surface area contributed by atoms with Crippen LogP contribution in [-0.2, 0) is 9.53 Å². The third kappa shape index (κ3) is 6.14. The van der Waals surface area contributed by atoms with Gasteiger partial charge in [0.05, 0.1) is 0 Å². The number of carbonyl (C=O) groups is 2. The van der Waals surface area contributed by atoms with Crippen LogP contribution < -0.4 is 5.32 Å². The fourth-order valence-electron chi connectivity index (χ4n) is 2.44. The van der Waals surface area contributed by atoms with Crippen molar-refractivity contribution < 1.29 is 24.5 Å². The number of hydrogen-bond acceptors (Lipinski definition) is 4. The molecule has 0 bridgehead atoms. The van der Waals surface area contributed by atoms with E-state index in [-0.39, 0.29) is 5.75 Å². The molecular formula is C20H20BrNO5. The number of ether oxygens (including phenoxy) is 1. The van der Waals surface area contributed by atoms with Gasteiger partial charge in [-0.25, -0.2) is 9.59 Å². The first-order valence-electron chi connectivity index (χ1n) is 8.20. The maximum Gasteiger partial charge on any atom is 0.412 e. The molecule has 0 aliphatic heterocycles. The van der Waals surface area contributed by atoms with E-state index in [0.29, 0.717) is 15.7 Å². The molecule has 0 unspecified atom stereocenters. The molecule has 2 rings (SSSR count). The summed E-state index contributed by atoms with van der Waals surface area (Å²) in [6, 6.07) is 12.0. The smallest absolute Gasteiger partial charge is 0.412 e. The van der Waals surface area contributed by atoms with E-state index in [1.165, 1.54) is 12.1 Å². The summed E-state index contributed by atoms with van der Waals surface area (Å²) in [4.78, 5) is 23.2. The molecule has 142 valence electrons. The predicted molar refractivity (Wildman–Crippen MR) is 106 cm³/mol. The van der Waals surface area contributed by atoms with Gasteiger partial charge in [0.25, 0.3) is 0 Å². The molecule has 3 N–H and O–H groups in total. The molecular weight excluding hydrogens is 414 g/mol. The monoisotopic (exact) mass is 433 g/mol. The quantitative estimate of drug-likeness (QED) is 0.555. The standard InChI is InChI=1S/C20H20BrNO5/c1-12-3-7-15(8-4-12)22-20(26)27-19(13(2)5-10-18(24)25)16-11-14(21)6-9-17(16)23/h3-11,13,19,23H,1-2H3,(H,22,26)(H,24,25)/b10-5+/t13-,19-/m0/s1. The lowest BCUT2D eigenvalue weighted by Crippen LogP contribution is -2.21. The number of rotatable bonds is 6. The highest BCUT2D eigenvalue weighted by Crippen LogP contribution is 2.35. The normalized spacial score (nSPS) is 13.1. The molecule has 0 radical (unpaired) electrons. The first-order valence-corrected chi connectivity index (χ1v) is 8.99. The molecule has 7 heteroatoms. The summed E-state index contributed by atoms with van der Waals surface area (Å²) in [6.45, 7) is 3.63. The minimum Gasteiger partial charge on any atom is -0.508 e. The maximum absolute atomic E-state index is 12.4. The minimum atomic E-state index is -1.11. The number of hydrogen-bond donors (Lipinski definition) is 3. The topological polar surface area (TPSA) is 95.9 Å². The van der Waals surface area contributed by atoms with E-state index < -0.39 is 24.1 Å². The second kappa shape index (κ2) is 9.23. The fourth-order valence-corrected chi connectivity index (χ4v) is 2.82. The Bertz CT molecular complexity index is 848. The van der Waals surface area contributed by atoms with Crippen LogP contribution in [0.2, 0.25) is 0 Å². The van der Waals surface area contributed by atoms with Crippen LogP contribution in [0.1, 0.15) is 24.2 Å². The summed E-state index contributed by atoms with van der Waals surface area (Å²) in [7, 11) is 0. The number of carboxylic acids is 1. The van der Waals surface area contributed by atoms with Gasteiger partial charge in [0.1, 0.15) is 11.9 Å². The molecule has 0 heterocycles. The first kappa shape index (κ1) is 20.5. The second-order valence-electron chi connectivity index (χ2n) is 6.08. The van der Waals surface area contributed by atoms with E-state index in [2.05, 4.69) is 21.2 Å². The van der Waals surface area contributed by atoms with Gasteiger partial charge in [-0.05, 0) is 37.3 Å². The van der Waals surface area contributed by atoms with Crippen molar-refractivity contribution in [3.63, 3.8) is 0 Å². The van der Waals surface area contributed by atoms with Gasteiger partial charge in [-0.2, -0.15) is 0 Å². The number of aliphatic carboxylic acids is 1. The van der Waals surface area contributed by atoms with Crippen molar-refractivity contribution in [2.45, 2.75) is 20.0 Å². The van der Waals surface area contributed by atoms with Crippen LogP contribution in [-0.4, -0.2) is 22.3 Å². The molecule has 1 amide bonds. The van der Waals surface area contributed by atoms with Crippen LogP contribution in [0.25, 0.3) is 0 Å². The zero-order valence-electron chi connectivity index (χ0n) is 14.8. The number of benzene rings is 2. The van der Waals surface area contributed by atoms with Crippen LogP contribution in [0.4, 0.5) is 10.5 Å². The lowest BCUT2D eigenvalue weighted by atomic mass is 9.96. The zero-order chi connectivity index (χ0) is 20.0. The van der Waals surface area contributed by atoms with Crippen molar-refractivity contribution in [3.05, 3.63) is 70.2 Å². The molecule has 2 aromatic carbocycles. The SMILES string of the molecule is Cc1ccc(NC(=O)O[C@H](c2cc(Br)ccc2O)[C@@H](C)/C=C/C(=O)O)cc1. The Morgan fingerprint density at radius 2 is 1.85 bits per heavy atom. The Hall–Kier alpha value is -2.80. The number of carbonyl (C=O) groups excluding carboxylic acids is 1. The van der Waals surface area contributed by atoms with Crippen LogP contribution in [0.15, 0.2) is 59.1 Å². The first-order chi connectivity index (χ1) is 12.8. The van der Waals surface area contributed by atoms with Crippen molar-refractivity contribution in [1.29, 1.82) is 0 Å². The summed E-state index contributed by atoms with van der Waals surface area (Å²) >= 11 is 3.32. The number of amides is 1. The average molecular weight is 434 g/mol. The number of carboxylic acid groups (broad SMARTS) is 1. The summed E-state index contributed by atoms with van der Waals surface area (Å²) < 4.78 is 6.22. The third-order valence-electron chi connectivity index (χ3n) is 3.85. The van der Waals surface area contributed by atoms with Gasteiger partial charge >= 0.3 is 12.1 Å². The number of phenolic OH excluding ortho intramolecular Hbond substituents is 1. The molecule has 2 atom stereocenters. The molecule has 0 saturated heterocycles. The van der Waals surface area contributed by atoms with Gasteiger partial charge in [-0.3, -0.25) is 5.32 Å². The Labute approximate surface area is 165 Å². The molecule has 0 saturated carbocycles. The van der Waals surface area contributed by atoms with E-state index in [0.717, 1.165) is 11.6 Å². The van der Waals surface area contributed by atoms with Crippen molar-refractivity contribution in [2.75, 3.05) is 5.32 Å². The molecule has 0 aliphatic carbocycles. The highest BCUT2D eigenvalue weighted by Gasteiger charge is 2.25. The van der Waals surface area contributed by atoms with Crippen molar-refractivity contribution in [2.24, 2.45) is 5.92 Å². The fraction of sp³-hybridized carbons (Fsp3) is 0.200. The van der Waals surface area contributed by atoms with Gasteiger partial charge in [0.2, 0.25) is 0 Å². The van der Waals surface area contributed by atoms with Gasteiger partial charge in [-0.15, -0.1) is 0 Å². The number of anilines is 1. The highest BCUT2D eigenvalue weighted by atomic mass is 79.9. The van der Waals surface area contributed by atoms with Crippen molar-refractivity contribution >= 4 is 33.7 Å². The van der Waals surface area contributed by atoms with Crippen LogP contribution in [0, 0.1) is 12.8 Å². The lowest BCUT2D eigenvalue weighted by Gasteiger charge is -2.23. The number of phenols is 1. The Balaban J connectivity index is 2.25. The molecule has 27 heavy (non-hydrogen) atoms. The van der Waals surface area contributed by atoms with Crippen LogP contribution in [0.5, 0.6) is 5.75 Å². The Morgan fingerprint density at radius 1 is 1.19 bits per heavy atom. The van der Waals surface area contributed by atoms with E-state index in [4.69, 9.17) is 9.84 Å². The number of aryl methyl sites for hydroxylation is 1. The number of nitrogens with one attached hydrogen (secondary N) is 1. The summed E-state index contributed by atoms with van der Waals surface area (Å²) in [5.74, 6) is -1.66. The molecule has 6 nitrogen and oxygen atoms in total. The van der Waals surface area contributed by atoms with E-state index in [9.17, 15) is 14.7 Å².